The molecule has 0 aromatic heterocycles. The van der Waals surface area contributed by atoms with Gasteiger partial charge in [0.1, 0.15) is 11.4 Å². The van der Waals surface area contributed by atoms with Crippen LogP contribution >= 0.6 is 0 Å². The Bertz CT molecular complexity index is 615. The highest BCUT2D eigenvalue weighted by molar-refractivity contribution is 5.87. The zero-order valence-corrected chi connectivity index (χ0v) is 15.8. The summed E-state index contributed by atoms with van der Waals surface area (Å²) < 4.78 is 0. The number of fused-ring (bicyclic) bond motifs is 5. The minimum Gasteiger partial charge on any atom is -0.393 e. The second-order valence-electron chi connectivity index (χ2n) is 9.86. The molecule has 0 spiro atoms. The lowest BCUT2D eigenvalue weighted by atomic mass is 9.44. The van der Waals surface area contributed by atoms with Crippen molar-refractivity contribution in [3.05, 3.63) is 0 Å². The third-order valence-corrected chi connectivity index (χ3v) is 9.22. The van der Waals surface area contributed by atoms with E-state index < -0.39 is 11.7 Å². The molecule has 4 fully saturated rings. The first-order valence-electron chi connectivity index (χ1n) is 10.1. The normalized spacial score (nSPS) is 55.2. The summed E-state index contributed by atoms with van der Waals surface area (Å²) in [6.45, 7) is 5.80. The van der Waals surface area contributed by atoms with Gasteiger partial charge >= 0.3 is 0 Å². The van der Waals surface area contributed by atoms with E-state index in [1.54, 1.807) is 0 Å². The Hall–Kier alpha value is -0.740. The molecule has 4 aliphatic carbocycles. The highest BCUT2D eigenvalue weighted by Crippen LogP contribution is 2.67. The molecule has 0 bridgehead atoms. The number of Topliss-reactive ketones (excluding diaryl/α,β-unsaturated/α-hetero) is 2. The van der Waals surface area contributed by atoms with Gasteiger partial charge in [-0.25, -0.2) is 0 Å². The van der Waals surface area contributed by atoms with Crippen molar-refractivity contribution in [2.45, 2.75) is 83.8 Å². The number of carbonyl (C=O) groups is 2. The summed E-state index contributed by atoms with van der Waals surface area (Å²) in [5.74, 6) is 1.55. The van der Waals surface area contributed by atoms with Crippen LogP contribution in [0.3, 0.4) is 0 Å². The minimum atomic E-state index is -1.19. The molecule has 4 nitrogen and oxygen atoms in total. The first-order chi connectivity index (χ1) is 11.6. The molecule has 0 aliphatic heterocycles. The van der Waals surface area contributed by atoms with Gasteiger partial charge < -0.3 is 10.2 Å². The van der Waals surface area contributed by atoms with Crippen LogP contribution in [0.25, 0.3) is 0 Å². The molecule has 0 radical (unpaired) electrons. The Kier molecular flexibility index (Phi) is 3.81. The van der Waals surface area contributed by atoms with Gasteiger partial charge in [0.15, 0.2) is 5.78 Å². The zero-order chi connectivity index (χ0) is 18.2. The van der Waals surface area contributed by atoms with Gasteiger partial charge in [0.25, 0.3) is 0 Å². The number of hydrogen-bond acceptors (Lipinski definition) is 4. The maximum atomic E-state index is 13.0. The monoisotopic (exact) mass is 348 g/mol. The first kappa shape index (κ1) is 17.7. The second-order valence-corrected chi connectivity index (χ2v) is 9.86. The number of ketones is 2. The molecule has 4 heteroatoms. The predicted octanol–water partition coefficient (Wildman–Crippen LogP) is 2.89. The number of aliphatic hydroxyl groups is 2. The number of hydrogen-bond donors (Lipinski definition) is 2. The summed E-state index contributed by atoms with van der Waals surface area (Å²) in [7, 11) is 0. The van der Waals surface area contributed by atoms with Crippen molar-refractivity contribution in [1.82, 2.24) is 0 Å². The van der Waals surface area contributed by atoms with Crippen molar-refractivity contribution in [3.8, 4) is 0 Å². The van der Waals surface area contributed by atoms with Crippen molar-refractivity contribution in [2.24, 2.45) is 34.5 Å². The Balaban J connectivity index is 1.69. The fraction of sp³-hybridized carbons (Fsp3) is 0.905. The SMILES string of the molecule is CC(=O)[C@@]1(O)CC[C@H]2[C@@H]3CC[C@@H]4C[C@H](O)CC(=O)[C@]4(C)[C@@H]3CC[C@@]21C. The third kappa shape index (κ3) is 2.07. The van der Waals surface area contributed by atoms with E-state index in [-0.39, 0.29) is 22.4 Å². The lowest BCUT2D eigenvalue weighted by molar-refractivity contribution is -0.176. The smallest absolute Gasteiger partial charge is 0.161 e. The molecule has 0 saturated heterocycles. The summed E-state index contributed by atoms with van der Waals surface area (Å²) in [4.78, 5) is 25.2. The zero-order valence-electron chi connectivity index (χ0n) is 15.8. The Morgan fingerprint density at radius 3 is 2.44 bits per heavy atom. The summed E-state index contributed by atoms with van der Waals surface area (Å²) in [5, 5.41) is 21.2. The van der Waals surface area contributed by atoms with E-state index in [1.165, 1.54) is 6.92 Å². The fourth-order valence-electron chi connectivity index (χ4n) is 7.67. The standard InChI is InChI=1S/C21H32O4/c1-12(22)21(25)9-7-16-15-5-4-13-10-14(23)11-18(24)20(13,3)17(15)6-8-19(16,21)2/h13-17,23,25H,4-11H2,1-3H3/t13-,14+,15+,16+,17-,19+,20+,21+/m1/s1. The van der Waals surface area contributed by atoms with Crippen molar-refractivity contribution >= 4 is 11.6 Å². The summed E-state index contributed by atoms with van der Waals surface area (Å²) in [6, 6.07) is 0. The molecule has 0 amide bonds. The van der Waals surface area contributed by atoms with Crippen LogP contribution in [0.1, 0.15) is 72.1 Å². The summed E-state index contributed by atoms with van der Waals surface area (Å²) in [6.07, 6.45) is 5.86. The van der Waals surface area contributed by atoms with Gasteiger partial charge in [-0.3, -0.25) is 9.59 Å². The molecule has 4 saturated carbocycles. The van der Waals surface area contributed by atoms with Gasteiger partial charge in [-0.05, 0) is 75.5 Å². The van der Waals surface area contributed by atoms with Crippen LogP contribution < -0.4 is 0 Å². The lowest BCUT2D eigenvalue weighted by Crippen LogP contribution is -2.60. The van der Waals surface area contributed by atoms with Crippen LogP contribution in [0.15, 0.2) is 0 Å². The second kappa shape index (κ2) is 5.39. The number of carbonyl (C=O) groups excluding carboxylic acids is 2. The van der Waals surface area contributed by atoms with E-state index in [1.807, 2.05) is 0 Å². The quantitative estimate of drug-likeness (QED) is 0.764. The molecule has 8 atom stereocenters. The number of rotatable bonds is 1. The van der Waals surface area contributed by atoms with Crippen molar-refractivity contribution in [1.29, 1.82) is 0 Å². The van der Waals surface area contributed by atoms with E-state index in [2.05, 4.69) is 13.8 Å². The molecular formula is C21H32O4. The highest BCUT2D eigenvalue weighted by Gasteiger charge is 2.67. The van der Waals surface area contributed by atoms with Gasteiger partial charge in [-0.1, -0.05) is 13.8 Å². The summed E-state index contributed by atoms with van der Waals surface area (Å²) >= 11 is 0. The maximum absolute atomic E-state index is 13.0. The van der Waals surface area contributed by atoms with Crippen molar-refractivity contribution in [3.63, 3.8) is 0 Å². The lowest BCUT2D eigenvalue weighted by Gasteiger charge is -2.60. The van der Waals surface area contributed by atoms with Crippen LogP contribution in [-0.2, 0) is 9.59 Å². The average molecular weight is 348 g/mol. The molecule has 4 rings (SSSR count). The third-order valence-electron chi connectivity index (χ3n) is 9.22. The predicted molar refractivity (Wildman–Crippen MR) is 93.8 cm³/mol. The van der Waals surface area contributed by atoms with Crippen molar-refractivity contribution < 1.29 is 19.8 Å². The van der Waals surface area contributed by atoms with E-state index in [4.69, 9.17) is 0 Å². The Morgan fingerprint density at radius 1 is 1.08 bits per heavy atom. The van der Waals surface area contributed by atoms with Crippen LogP contribution in [0.4, 0.5) is 0 Å². The Morgan fingerprint density at radius 2 is 1.76 bits per heavy atom. The van der Waals surface area contributed by atoms with Gasteiger partial charge in [-0.15, -0.1) is 0 Å². The average Bonchev–Trinajstić information content (AvgIpc) is 2.82. The van der Waals surface area contributed by atoms with E-state index >= 15 is 0 Å². The van der Waals surface area contributed by atoms with Crippen LogP contribution in [0.5, 0.6) is 0 Å². The summed E-state index contributed by atoms with van der Waals surface area (Å²) in [5.41, 5.74) is -1.85. The minimum absolute atomic E-state index is 0.0901. The molecule has 4 aliphatic rings. The molecule has 140 valence electrons. The van der Waals surface area contributed by atoms with Crippen LogP contribution in [0, 0.1) is 34.5 Å². The molecule has 0 aromatic carbocycles. The van der Waals surface area contributed by atoms with Gasteiger partial charge in [0.2, 0.25) is 0 Å². The molecule has 2 N–H and O–H groups in total. The van der Waals surface area contributed by atoms with E-state index in [0.29, 0.717) is 36.5 Å². The van der Waals surface area contributed by atoms with Gasteiger partial charge in [0, 0.05) is 17.3 Å². The number of aliphatic hydroxyl groups excluding tert-OH is 1. The van der Waals surface area contributed by atoms with E-state index in [9.17, 15) is 19.8 Å². The maximum Gasteiger partial charge on any atom is 0.161 e. The van der Waals surface area contributed by atoms with Gasteiger partial charge in [0.05, 0.1) is 6.10 Å². The van der Waals surface area contributed by atoms with Crippen LogP contribution in [0.2, 0.25) is 0 Å². The first-order valence-corrected chi connectivity index (χ1v) is 10.1. The van der Waals surface area contributed by atoms with Crippen LogP contribution in [-0.4, -0.2) is 33.5 Å². The largest absolute Gasteiger partial charge is 0.393 e. The fourth-order valence-corrected chi connectivity index (χ4v) is 7.67. The molecule has 25 heavy (non-hydrogen) atoms. The Labute approximate surface area is 150 Å². The van der Waals surface area contributed by atoms with E-state index in [0.717, 1.165) is 38.5 Å². The molecule has 0 heterocycles. The molecule has 0 unspecified atom stereocenters. The van der Waals surface area contributed by atoms with Gasteiger partial charge in [-0.2, -0.15) is 0 Å². The molecular weight excluding hydrogens is 316 g/mol. The molecule has 0 aromatic rings. The topological polar surface area (TPSA) is 74.6 Å². The highest BCUT2D eigenvalue weighted by atomic mass is 16.3. The van der Waals surface area contributed by atoms with Crippen molar-refractivity contribution in [2.75, 3.05) is 0 Å².